The Balaban J connectivity index is 1.90. The molecule has 3 heteroatoms. The summed E-state index contributed by atoms with van der Waals surface area (Å²) >= 11 is 0. The molecule has 33 heavy (non-hydrogen) atoms. The number of nitrogens with zero attached hydrogens (tertiary/aromatic N) is 2. The smallest absolute Gasteiger partial charge is 0.0178 e. The topological polar surface area (TPSA) is 6.48 Å². The van der Waals surface area contributed by atoms with Crippen LogP contribution in [0.2, 0.25) is 0 Å². The third kappa shape index (κ3) is 6.05. The van der Waals surface area contributed by atoms with E-state index < -0.39 is 0 Å². The summed E-state index contributed by atoms with van der Waals surface area (Å²) in [5, 5.41) is 1.57. The van der Waals surface area contributed by atoms with Crippen LogP contribution in [0.1, 0.15) is 93.9 Å². The highest BCUT2D eigenvalue weighted by molar-refractivity contribution is 7.48. The van der Waals surface area contributed by atoms with Gasteiger partial charge in [-0.1, -0.05) is 66.6 Å². The molecule has 10 atom stereocenters. The third-order valence-corrected chi connectivity index (χ3v) is 11.1. The second kappa shape index (κ2) is 12.5. The largest absolute Gasteiger partial charge is 0.298 e. The molecular weight excluding hydrogens is 419 g/mol. The number of hydrogen-bond acceptors (Lipinski definition) is 2. The first-order valence-electron chi connectivity index (χ1n) is 14.2. The lowest BCUT2D eigenvalue weighted by molar-refractivity contribution is 0.00776. The van der Waals surface area contributed by atoms with Crippen molar-refractivity contribution < 1.29 is 0 Å². The Labute approximate surface area is 208 Å². The van der Waals surface area contributed by atoms with Gasteiger partial charge in [0.15, 0.2) is 0 Å². The zero-order valence-corrected chi connectivity index (χ0v) is 23.9. The maximum atomic E-state index is 3.02. The molecule has 0 radical (unpaired) electrons. The zero-order chi connectivity index (χ0) is 24.1. The number of rotatable bonds is 13. The van der Waals surface area contributed by atoms with Gasteiger partial charge in [-0.3, -0.25) is 9.80 Å². The van der Waals surface area contributed by atoms with Crippen LogP contribution in [0.3, 0.4) is 0 Å². The molecule has 0 aromatic heterocycles. The SMILES string of the molecule is CCC(C)N(CC1CC2CC(Pc3ccccc3)C2C1N(C(C)CC)C(C)CC)C(C)CC. The van der Waals surface area contributed by atoms with Crippen LogP contribution in [0.5, 0.6) is 0 Å². The lowest BCUT2D eigenvalue weighted by Crippen LogP contribution is -2.57. The van der Waals surface area contributed by atoms with Crippen molar-refractivity contribution in [2.45, 2.75) is 130 Å². The van der Waals surface area contributed by atoms with Gasteiger partial charge in [-0.2, -0.15) is 0 Å². The average molecular weight is 473 g/mol. The quantitative estimate of drug-likeness (QED) is 0.281. The van der Waals surface area contributed by atoms with Crippen molar-refractivity contribution in [2.75, 3.05) is 6.54 Å². The average Bonchev–Trinajstić information content (AvgIpc) is 3.11. The van der Waals surface area contributed by atoms with Crippen molar-refractivity contribution in [3.8, 4) is 0 Å². The van der Waals surface area contributed by atoms with E-state index >= 15 is 0 Å². The van der Waals surface area contributed by atoms with Gasteiger partial charge in [0, 0.05) is 36.8 Å². The molecule has 0 heterocycles. The van der Waals surface area contributed by atoms with Gasteiger partial charge in [0.1, 0.15) is 0 Å². The summed E-state index contributed by atoms with van der Waals surface area (Å²) in [7, 11) is 0.981. The standard InChI is InChI=1S/C30H53N2P/c1-9-21(5)31(22(6)10-2)20-26-18-25-19-28(33-27-16-14-13-15-17-27)29(25)30(26)32(23(7)11-3)24(8)12-4/h13-17,21-26,28-30,33H,9-12,18-20H2,1-8H3. The molecule has 188 valence electrons. The predicted octanol–water partition coefficient (Wildman–Crippen LogP) is 7.18. The molecule has 0 bridgehead atoms. The van der Waals surface area contributed by atoms with Crippen LogP contribution < -0.4 is 5.30 Å². The predicted molar refractivity (Wildman–Crippen MR) is 149 cm³/mol. The van der Waals surface area contributed by atoms with Crippen molar-refractivity contribution in [3.63, 3.8) is 0 Å². The highest BCUT2D eigenvalue weighted by atomic mass is 31.1. The van der Waals surface area contributed by atoms with Gasteiger partial charge in [0.2, 0.25) is 0 Å². The van der Waals surface area contributed by atoms with Crippen LogP contribution >= 0.6 is 8.58 Å². The summed E-state index contributed by atoms with van der Waals surface area (Å²) < 4.78 is 0. The number of benzene rings is 1. The van der Waals surface area contributed by atoms with Gasteiger partial charge in [-0.25, -0.2) is 0 Å². The molecule has 10 unspecified atom stereocenters. The second-order valence-electron chi connectivity index (χ2n) is 11.3. The van der Waals surface area contributed by atoms with Crippen LogP contribution in [0, 0.1) is 17.8 Å². The first-order valence-corrected chi connectivity index (χ1v) is 15.3. The van der Waals surface area contributed by atoms with Gasteiger partial charge in [-0.15, -0.1) is 0 Å². The minimum Gasteiger partial charge on any atom is -0.298 e. The summed E-state index contributed by atoms with van der Waals surface area (Å²) in [6.07, 6.45) is 7.96. The first kappa shape index (κ1) is 27.2. The Bertz CT molecular complexity index is 674. The van der Waals surface area contributed by atoms with Crippen molar-refractivity contribution in [1.29, 1.82) is 0 Å². The molecule has 2 aliphatic rings. The monoisotopic (exact) mass is 472 g/mol. The van der Waals surface area contributed by atoms with Gasteiger partial charge in [0.25, 0.3) is 0 Å². The molecule has 1 aromatic rings. The molecule has 0 saturated heterocycles. The highest BCUT2D eigenvalue weighted by Crippen LogP contribution is 2.58. The van der Waals surface area contributed by atoms with Crippen molar-refractivity contribution in [3.05, 3.63) is 30.3 Å². The Morgan fingerprint density at radius 2 is 1.33 bits per heavy atom. The Kier molecular flexibility index (Phi) is 10.3. The van der Waals surface area contributed by atoms with Crippen LogP contribution in [-0.4, -0.2) is 52.2 Å². The molecule has 2 nitrogen and oxygen atoms in total. The first-order chi connectivity index (χ1) is 15.9. The molecule has 0 N–H and O–H groups in total. The molecule has 2 fully saturated rings. The van der Waals surface area contributed by atoms with E-state index in [0.717, 1.165) is 38.0 Å². The molecular formula is C30H53N2P. The molecule has 0 amide bonds. The van der Waals surface area contributed by atoms with E-state index in [2.05, 4.69) is 95.5 Å². The molecule has 2 aliphatic carbocycles. The zero-order valence-electron chi connectivity index (χ0n) is 22.9. The number of hydrogen-bond donors (Lipinski definition) is 0. The Morgan fingerprint density at radius 3 is 1.85 bits per heavy atom. The summed E-state index contributed by atoms with van der Waals surface area (Å²) in [5.41, 5.74) is 0.892. The summed E-state index contributed by atoms with van der Waals surface area (Å²) in [5.74, 6) is 2.66. The van der Waals surface area contributed by atoms with Gasteiger partial charge < -0.3 is 0 Å². The highest BCUT2D eigenvalue weighted by Gasteiger charge is 2.56. The van der Waals surface area contributed by atoms with Crippen LogP contribution in [0.4, 0.5) is 0 Å². The van der Waals surface area contributed by atoms with Gasteiger partial charge in [0.05, 0.1) is 0 Å². The fourth-order valence-electron chi connectivity index (χ4n) is 6.89. The van der Waals surface area contributed by atoms with Gasteiger partial charge in [-0.05, 0) is 94.9 Å². The van der Waals surface area contributed by atoms with E-state index in [4.69, 9.17) is 0 Å². The van der Waals surface area contributed by atoms with Crippen LogP contribution in [-0.2, 0) is 0 Å². The fraction of sp³-hybridized carbons (Fsp3) is 0.800. The van der Waals surface area contributed by atoms with Gasteiger partial charge >= 0.3 is 0 Å². The molecule has 0 aliphatic heterocycles. The Morgan fingerprint density at radius 1 is 0.788 bits per heavy atom. The lowest BCUT2D eigenvalue weighted by atomic mass is 9.73. The van der Waals surface area contributed by atoms with E-state index in [9.17, 15) is 0 Å². The maximum Gasteiger partial charge on any atom is 0.0178 e. The third-order valence-electron chi connectivity index (χ3n) is 9.48. The summed E-state index contributed by atoms with van der Waals surface area (Å²) in [6.45, 7) is 20.8. The molecule has 0 spiro atoms. The minimum atomic E-state index is 0.674. The molecule has 2 saturated carbocycles. The summed E-state index contributed by atoms with van der Waals surface area (Å²) in [4.78, 5) is 5.89. The van der Waals surface area contributed by atoms with E-state index in [1.807, 2.05) is 0 Å². The second-order valence-corrected chi connectivity index (χ2v) is 13.0. The van der Waals surface area contributed by atoms with E-state index in [-0.39, 0.29) is 0 Å². The van der Waals surface area contributed by atoms with Crippen molar-refractivity contribution in [1.82, 2.24) is 9.80 Å². The van der Waals surface area contributed by atoms with E-state index in [1.54, 1.807) is 5.30 Å². The molecule has 1 aromatic carbocycles. The molecule has 3 rings (SSSR count). The number of fused-ring (bicyclic) bond motifs is 1. The van der Waals surface area contributed by atoms with Crippen LogP contribution in [0.25, 0.3) is 0 Å². The lowest BCUT2D eigenvalue weighted by Gasteiger charge is -2.51. The van der Waals surface area contributed by atoms with Crippen molar-refractivity contribution in [2.24, 2.45) is 17.8 Å². The van der Waals surface area contributed by atoms with E-state index in [0.29, 0.717) is 24.2 Å². The normalized spacial score (nSPS) is 31.0. The Hall–Kier alpha value is -0.430. The fourth-order valence-corrected chi connectivity index (χ4v) is 8.79. The van der Waals surface area contributed by atoms with E-state index in [1.165, 1.54) is 45.1 Å². The van der Waals surface area contributed by atoms with Crippen molar-refractivity contribution >= 4 is 13.9 Å². The maximum absolute atomic E-state index is 3.02. The minimum absolute atomic E-state index is 0.674. The summed E-state index contributed by atoms with van der Waals surface area (Å²) in [6, 6.07) is 14.8. The van der Waals surface area contributed by atoms with Crippen LogP contribution in [0.15, 0.2) is 30.3 Å².